The predicted octanol–water partition coefficient (Wildman–Crippen LogP) is 3.33. The van der Waals surface area contributed by atoms with Crippen LogP contribution < -0.4 is 10.6 Å². The first-order chi connectivity index (χ1) is 10.1. The molecule has 0 saturated heterocycles. The molecule has 0 aliphatic heterocycles. The van der Waals surface area contributed by atoms with Crippen LogP contribution in [0.4, 0.5) is 0 Å². The molecule has 0 amide bonds. The molecular weight excluding hydrogens is 280 g/mol. The highest BCUT2D eigenvalue weighted by Gasteiger charge is 2.23. The van der Waals surface area contributed by atoms with E-state index >= 15 is 0 Å². The molecule has 0 bridgehead atoms. The normalized spacial score (nSPS) is 23.4. The average Bonchev–Trinajstić information content (AvgIpc) is 2.89. The molecule has 1 aromatic rings. The molecule has 1 aliphatic carbocycles. The van der Waals surface area contributed by atoms with Gasteiger partial charge < -0.3 is 10.6 Å². The van der Waals surface area contributed by atoms with Gasteiger partial charge in [0.1, 0.15) is 0 Å². The van der Waals surface area contributed by atoms with E-state index in [4.69, 9.17) is 0 Å². The summed E-state index contributed by atoms with van der Waals surface area (Å²) in [4.78, 5) is 9.90. The number of aromatic nitrogens is 1. The van der Waals surface area contributed by atoms with Gasteiger partial charge in [-0.05, 0) is 44.4 Å². The highest BCUT2D eigenvalue weighted by molar-refractivity contribution is 7.09. The molecule has 0 spiro atoms. The van der Waals surface area contributed by atoms with Crippen LogP contribution in [0, 0.1) is 18.8 Å². The number of guanidine groups is 1. The number of nitrogens with zero attached hydrogens (tertiary/aromatic N) is 2. The van der Waals surface area contributed by atoms with Gasteiger partial charge in [-0.3, -0.25) is 4.99 Å². The molecule has 118 valence electrons. The van der Waals surface area contributed by atoms with Crippen molar-refractivity contribution in [3.05, 3.63) is 16.1 Å². The second-order valence-electron chi connectivity index (χ2n) is 6.29. The van der Waals surface area contributed by atoms with Crippen LogP contribution in [-0.2, 0) is 6.54 Å². The molecule has 1 saturated carbocycles. The topological polar surface area (TPSA) is 49.3 Å². The SMILES string of the molecule is CN=C(NCc1scnc1C)NC1CCC(C(C)C)CC1. The van der Waals surface area contributed by atoms with Gasteiger partial charge in [0.25, 0.3) is 0 Å². The fraction of sp³-hybridized carbons (Fsp3) is 0.750. The first-order valence-electron chi connectivity index (χ1n) is 7.96. The van der Waals surface area contributed by atoms with Gasteiger partial charge >= 0.3 is 0 Å². The molecule has 0 atom stereocenters. The van der Waals surface area contributed by atoms with E-state index in [1.807, 2.05) is 12.6 Å². The molecule has 4 nitrogen and oxygen atoms in total. The third kappa shape index (κ3) is 4.70. The molecule has 2 N–H and O–H groups in total. The Hall–Kier alpha value is -1.10. The first kappa shape index (κ1) is 16.3. The molecule has 5 heteroatoms. The van der Waals surface area contributed by atoms with Gasteiger partial charge in [-0.15, -0.1) is 11.3 Å². The third-order valence-corrected chi connectivity index (χ3v) is 5.48. The summed E-state index contributed by atoms with van der Waals surface area (Å²) in [5.41, 5.74) is 3.01. The van der Waals surface area contributed by atoms with Crippen LogP contribution in [0.25, 0.3) is 0 Å². The minimum Gasteiger partial charge on any atom is -0.354 e. The van der Waals surface area contributed by atoms with E-state index in [9.17, 15) is 0 Å². The molecule has 21 heavy (non-hydrogen) atoms. The third-order valence-electron chi connectivity index (χ3n) is 4.54. The van der Waals surface area contributed by atoms with Gasteiger partial charge in [0.15, 0.2) is 5.96 Å². The lowest BCUT2D eigenvalue weighted by molar-refractivity contribution is 0.250. The van der Waals surface area contributed by atoms with Crippen molar-refractivity contribution < 1.29 is 0 Å². The zero-order valence-corrected chi connectivity index (χ0v) is 14.5. The van der Waals surface area contributed by atoms with E-state index in [1.54, 1.807) is 11.3 Å². The van der Waals surface area contributed by atoms with Gasteiger partial charge in [0.2, 0.25) is 0 Å². The lowest BCUT2D eigenvalue weighted by Crippen LogP contribution is -2.44. The van der Waals surface area contributed by atoms with E-state index in [-0.39, 0.29) is 0 Å². The van der Waals surface area contributed by atoms with Crippen molar-refractivity contribution in [2.24, 2.45) is 16.8 Å². The fourth-order valence-electron chi connectivity index (χ4n) is 2.98. The van der Waals surface area contributed by atoms with Crippen molar-refractivity contribution in [2.75, 3.05) is 7.05 Å². The molecule has 0 unspecified atom stereocenters. The van der Waals surface area contributed by atoms with Crippen molar-refractivity contribution in [1.82, 2.24) is 15.6 Å². The Bertz CT molecular complexity index is 459. The Morgan fingerprint density at radius 2 is 2.10 bits per heavy atom. The van der Waals surface area contributed by atoms with Crippen LogP contribution in [-0.4, -0.2) is 24.0 Å². The van der Waals surface area contributed by atoms with E-state index in [2.05, 4.69) is 41.4 Å². The molecular formula is C16H28N4S. The van der Waals surface area contributed by atoms with Crippen molar-refractivity contribution in [3.8, 4) is 0 Å². The van der Waals surface area contributed by atoms with Crippen LogP contribution in [0.15, 0.2) is 10.5 Å². The Morgan fingerprint density at radius 1 is 1.38 bits per heavy atom. The molecule has 2 rings (SSSR count). The van der Waals surface area contributed by atoms with Gasteiger partial charge in [0.05, 0.1) is 17.7 Å². The summed E-state index contributed by atoms with van der Waals surface area (Å²) in [6, 6.07) is 0.564. The maximum Gasteiger partial charge on any atom is 0.191 e. The van der Waals surface area contributed by atoms with Crippen molar-refractivity contribution >= 4 is 17.3 Å². The van der Waals surface area contributed by atoms with Crippen LogP contribution in [0.2, 0.25) is 0 Å². The Labute approximate surface area is 132 Å². The van der Waals surface area contributed by atoms with E-state index in [0.29, 0.717) is 6.04 Å². The van der Waals surface area contributed by atoms with Crippen LogP contribution in [0.5, 0.6) is 0 Å². The number of aryl methyl sites for hydroxylation is 1. The summed E-state index contributed by atoms with van der Waals surface area (Å²) >= 11 is 1.70. The molecule has 1 aromatic heterocycles. The summed E-state index contributed by atoms with van der Waals surface area (Å²) in [5, 5.41) is 6.97. The number of thiazole rings is 1. The maximum atomic E-state index is 4.34. The Balaban J connectivity index is 1.77. The summed E-state index contributed by atoms with van der Waals surface area (Å²) in [6.45, 7) is 7.54. The van der Waals surface area contributed by atoms with Crippen LogP contribution in [0.3, 0.4) is 0 Å². The average molecular weight is 308 g/mol. The monoisotopic (exact) mass is 308 g/mol. The Kier molecular flexibility index (Phi) is 6.03. The van der Waals surface area contributed by atoms with Crippen molar-refractivity contribution in [3.63, 3.8) is 0 Å². The Morgan fingerprint density at radius 3 is 2.62 bits per heavy atom. The second-order valence-corrected chi connectivity index (χ2v) is 7.23. The lowest BCUT2D eigenvalue weighted by Gasteiger charge is -2.32. The predicted molar refractivity (Wildman–Crippen MR) is 90.8 cm³/mol. The number of nitrogens with one attached hydrogen (secondary N) is 2. The number of hydrogen-bond acceptors (Lipinski definition) is 3. The van der Waals surface area contributed by atoms with E-state index < -0.39 is 0 Å². The number of rotatable bonds is 4. The lowest BCUT2D eigenvalue weighted by atomic mass is 9.80. The second kappa shape index (κ2) is 7.78. The molecule has 1 aliphatic rings. The van der Waals surface area contributed by atoms with Crippen LogP contribution >= 0.6 is 11.3 Å². The van der Waals surface area contributed by atoms with Gasteiger partial charge in [0, 0.05) is 18.0 Å². The minimum atomic E-state index is 0.564. The first-order valence-corrected chi connectivity index (χ1v) is 8.84. The number of aliphatic imine (C=N–C) groups is 1. The summed E-state index contributed by atoms with van der Waals surface area (Å²) in [5.74, 6) is 2.63. The number of hydrogen-bond donors (Lipinski definition) is 2. The quantitative estimate of drug-likeness (QED) is 0.662. The molecule has 1 fully saturated rings. The maximum absolute atomic E-state index is 4.34. The van der Waals surface area contributed by atoms with Crippen molar-refractivity contribution in [2.45, 2.75) is 59.0 Å². The zero-order valence-electron chi connectivity index (χ0n) is 13.6. The molecule has 0 radical (unpaired) electrons. The smallest absolute Gasteiger partial charge is 0.191 e. The van der Waals surface area contributed by atoms with E-state index in [0.717, 1.165) is 30.0 Å². The van der Waals surface area contributed by atoms with Crippen LogP contribution in [0.1, 0.15) is 50.1 Å². The highest BCUT2D eigenvalue weighted by atomic mass is 32.1. The van der Waals surface area contributed by atoms with Gasteiger partial charge in [-0.25, -0.2) is 4.98 Å². The minimum absolute atomic E-state index is 0.564. The molecule has 1 heterocycles. The zero-order chi connectivity index (χ0) is 15.2. The summed E-state index contributed by atoms with van der Waals surface area (Å²) in [6.07, 6.45) is 5.17. The summed E-state index contributed by atoms with van der Waals surface area (Å²) < 4.78 is 0. The molecule has 0 aromatic carbocycles. The van der Waals surface area contributed by atoms with Gasteiger partial charge in [-0.1, -0.05) is 13.8 Å². The standard InChI is InChI=1S/C16H28N4S/c1-11(2)13-5-7-14(8-6-13)20-16(17-4)18-9-15-12(3)19-10-21-15/h10-11,13-14H,5-9H2,1-4H3,(H2,17,18,20). The highest BCUT2D eigenvalue weighted by Crippen LogP contribution is 2.29. The van der Waals surface area contributed by atoms with E-state index in [1.165, 1.54) is 30.6 Å². The summed E-state index contributed by atoms with van der Waals surface area (Å²) in [7, 11) is 1.84. The van der Waals surface area contributed by atoms with Crippen molar-refractivity contribution in [1.29, 1.82) is 0 Å². The largest absolute Gasteiger partial charge is 0.354 e. The fourth-order valence-corrected chi connectivity index (χ4v) is 3.69. The van der Waals surface area contributed by atoms with Gasteiger partial charge in [-0.2, -0.15) is 0 Å².